The highest BCUT2D eigenvalue weighted by molar-refractivity contribution is 7.52. The van der Waals surface area contributed by atoms with E-state index in [1.807, 2.05) is 0 Å². The Kier molecular flexibility index (Phi) is 6.91. The van der Waals surface area contributed by atoms with Crippen molar-refractivity contribution < 1.29 is 14.4 Å². The molecule has 0 spiro atoms. The van der Waals surface area contributed by atoms with Crippen LogP contribution in [0, 0.1) is 5.92 Å². The normalized spacial score (nSPS) is 27.6. The summed E-state index contributed by atoms with van der Waals surface area (Å²) in [5.74, 6) is -0.0183. The van der Waals surface area contributed by atoms with Crippen LogP contribution in [0.3, 0.4) is 0 Å². The summed E-state index contributed by atoms with van der Waals surface area (Å²) in [6, 6.07) is 0.0370. The van der Waals surface area contributed by atoms with E-state index in [1.165, 1.54) is 0 Å². The minimum Gasteiger partial charge on any atom is -0.328 e. The molecule has 0 aliphatic carbocycles. The minimum atomic E-state index is -4.15. The van der Waals surface area contributed by atoms with Gasteiger partial charge in [0.25, 0.3) is 0 Å². The third kappa shape index (κ3) is 5.02. The summed E-state index contributed by atoms with van der Waals surface area (Å²) in [4.78, 5) is 22.2. The average Bonchev–Trinajstić information content (AvgIpc) is 2.38. The number of likely N-dealkylation sites (tertiary alicyclic amines) is 1. The number of piperidine rings is 1. The standard InChI is InChI=1S/C17H37N2O3P/c1-7-8-13(18)9-10-15(23(20,21)22)14-11-12-16(2,3)19(6)17(14,4)5/h13-15H,7-12,18H2,1-6H3,(H2,20,21,22). The lowest BCUT2D eigenvalue weighted by Gasteiger charge is -2.56. The van der Waals surface area contributed by atoms with Crippen molar-refractivity contribution in [2.24, 2.45) is 11.7 Å². The second-order valence-corrected chi connectivity index (χ2v) is 10.3. The van der Waals surface area contributed by atoms with E-state index in [2.05, 4.69) is 46.6 Å². The van der Waals surface area contributed by atoms with Gasteiger partial charge in [-0.15, -0.1) is 0 Å². The van der Waals surface area contributed by atoms with E-state index in [0.717, 1.165) is 25.7 Å². The number of nitrogens with zero attached hydrogens (tertiary/aromatic N) is 1. The maximum Gasteiger partial charge on any atom is 0.328 e. The highest BCUT2D eigenvalue weighted by Crippen LogP contribution is 2.54. The summed E-state index contributed by atoms with van der Waals surface area (Å²) < 4.78 is 12.2. The Morgan fingerprint density at radius 1 is 1.22 bits per heavy atom. The van der Waals surface area contributed by atoms with Gasteiger partial charge in [0, 0.05) is 17.1 Å². The molecule has 138 valence electrons. The monoisotopic (exact) mass is 348 g/mol. The van der Waals surface area contributed by atoms with E-state index in [9.17, 15) is 14.4 Å². The molecule has 0 aromatic rings. The minimum absolute atomic E-state index is 0.0183. The fourth-order valence-electron chi connectivity index (χ4n) is 4.23. The first kappa shape index (κ1) is 21.1. The lowest BCUT2D eigenvalue weighted by atomic mass is 9.70. The Labute approximate surface area is 142 Å². The van der Waals surface area contributed by atoms with Crippen molar-refractivity contribution in [3.05, 3.63) is 0 Å². The molecular weight excluding hydrogens is 311 g/mol. The maximum atomic E-state index is 12.2. The molecule has 1 rings (SSSR count). The van der Waals surface area contributed by atoms with Gasteiger partial charge in [0.1, 0.15) is 0 Å². The summed E-state index contributed by atoms with van der Waals surface area (Å²) in [6.07, 6.45) is 4.91. The van der Waals surface area contributed by atoms with Gasteiger partial charge in [0.2, 0.25) is 0 Å². The molecule has 1 aliphatic heterocycles. The number of nitrogens with two attached hydrogens (primary N) is 1. The molecular formula is C17H37N2O3P. The van der Waals surface area contributed by atoms with Crippen LogP contribution in [0.4, 0.5) is 0 Å². The molecule has 0 radical (unpaired) electrons. The summed E-state index contributed by atoms with van der Waals surface area (Å²) in [5.41, 5.74) is 5.29. The van der Waals surface area contributed by atoms with E-state index in [-0.39, 0.29) is 23.0 Å². The molecule has 1 heterocycles. The lowest BCUT2D eigenvalue weighted by molar-refractivity contribution is -0.0482. The van der Waals surface area contributed by atoms with Gasteiger partial charge >= 0.3 is 7.60 Å². The van der Waals surface area contributed by atoms with Crippen LogP contribution in [0.15, 0.2) is 0 Å². The zero-order valence-corrected chi connectivity index (χ0v) is 16.6. The Hall–Kier alpha value is 0.0700. The first-order valence-corrected chi connectivity index (χ1v) is 10.6. The zero-order chi connectivity index (χ0) is 18.1. The van der Waals surface area contributed by atoms with Gasteiger partial charge in [-0.25, -0.2) is 0 Å². The van der Waals surface area contributed by atoms with Crippen LogP contribution in [0.1, 0.15) is 73.1 Å². The van der Waals surface area contributed by atoms with E-state index in [4.69, 9.17) is 5.73 Å². The molecule has 0 amide bonds. The fraction of sp³-hybridized carbons (Fsp3) is 1.00. The van der Waals surface area contributed by atoms with Crippen molar-refractivity contribution in [1.29, 1.82) is 0 Å². The van der Waals surface area contributed by atoms with Crippen molar-refractivity contribution in [2.45, 2.75) is 95.9 Å². The van der Waals surface area contributed by atoms with Crippen molar-refractivity contribution in [2.75, 3.05) is 7.05 Å². The topological polar surface area (TPSA) is 86.8 Å². The van der Waals surface area contributed by atoms with Crippen LogP contribution in [0.5, 0.6) is 0 Å². The predicted molar refractivity (Wildman–Crippen MR) is 96.6 cm³/mol. The Bertz CT molecular complexity index is 434. The van der Waals surface area contributed by atoms with Crippen LogP contribution in [-0.2, 0) is 4.57 Å². The summed E-state index contributed by atoms with van der Waals surface area (Å²) in [5, 5.41) is 0. The number of hydrogen-bond donors (Lipinski definition) is 3. The Morgan fingerprint density at radius 3 is 2.26 bits per heavy atom. The SMILES string of the molecule is CCCC(N)CCC(C1CCC(C)(C)N(C)C1(C)C)P(=O)(O)O. The molecule has 1 saturated heterocycles. The number of hydrogen-bond acceptors (Lipinski definition) is 3. The van der Waals surface area contributed by atoms with Gasteiger partial charge in [-0.2, -0.15) is 0 Å². The van der Waals surface area contributed by atoms with Gasteiger partial charge in [0.05, 0.1) is 5.66 Å². The molecule has 23 heavy (non-hydrogen) atoms. The van der Waals surface area contributed by atoms with Crippen LogP contribution < -0.4 is 5.73 Å². The largest absolute Gasteiger partial charge is 0.328 e. The van der Waals surface area contributed by atoms with Crippen molar-refractivity contribution >= 4 is 7.60 Å². The highest BCUT2D eigenvalue weighted by Gasteiger charge is 2.51. The third-order valence-corrected chi connectivity index (χ3v) is 7.62. The lowest BCUT2D eigenvalue weighted by Crippen LogP contribution is -2.62. The zero-order valence-electron chi connectivity index (χ0n) is 15.7. The summed E-state index contributed by atoms with van der Waals surface area (Å²) in [6.45, 7) is 10.7. The quantitative estimate of drug-likeness (QED) is 0.614. The molecule has 0 bridgehead atoms. The van der Waals surface area contributed by atoms with Crippen LogP contribution in [0.25, 0.3) is 0 Å². The molecule has 1 aliphatic rings. The second kappa shape index (κ2) is 7.53. The molecule has 1 fully saturated rings. The molecule has 4 N–H and O–H groups in total. The highest BCUT2D eigenvalue weighted by atomic mass is 31.2. The van der Waals surface area contributed by atoms with E-state index in [0.29, 0.717) is 12.8 Å². The van der Waals surface area contributed by atoms with Crippen LogP contribution in [0.2, 0.25) is 0 Å². The average molecular weight is 348 g/mol. The van der Waals surface area contributed by atoms with Gasteiger partial charge < -0.3 is 15.5 Å². The van der Waals surface area contributed by atoms with Crippen molar-refractivity contribution in [3.8, 4) is 0 Å². The first-order chi connectivity index (χ1) is 10.3. The van der Waals surface area contributed by atoms with Crippen LogP contribution in [-0.4, -0.2) is 44.5 Å². The van der Waals surface area contributed by atoms with E-state index < -0.39 is 13.3 Å². The van der Waals surface area contributed by atoms with Gasteiger partial charge in [-0.05, 0) is 72.8 Å². The molecule has 0 aromatic carbocycles. The summed E-state index contributed by atoms with van der Waals surface area (Å²) in [7, 11) is -2.07. The molecule has 0 saturated carbocycles. The summed E-state index contributed by atoms with van der Waals surface area (Å²) >= 11 is 0. The van der Waals surface area contributed by atoms with E-state index >= 15 is 0 Å². The Morgan fingerprint density at radius 2 is 1.78 bits per heavy atom. The van der Waals surface area contributed by atoms with E-state index in [1.54, 1.807) is 0 Å². The van der Waals surface area contributed by atoms with Crippen LogP contribution >= 0.6 is 7.60 Å². The fourth-order valence-corrected chi connectivity index (χ4v) is 5.69. The smallest absolute Gasteiger partial charge is 0.328 e. The molecule has 6 heteroatoms. The second-order valence-electron chi connectivity index (χ2n) is 8.45. The third-order valence-electron chi connectivity index (χ3n) is 6.14. The van der Waals surface area contributed by atoms with Crippen molar-refractivity contribution in [3.63, 3.8) is 0 Å². The number of rotatable bonds is 7. The van der Waals surface area contributed by atoms with Crippen molar-refractivity contribution in [1.82, 2.24) is 4.90 Å². The maximum absolute atomic E-state index is 12.2. The van der Waals surface area contributed by atoms with Gasteiger partial charge in [0.15, 0.2) is 0 Å². The molecule has 5 nitrogen and oxygen atoms in total. The Balaban J connectivity index is 2.97. The molecule has 0 aromatic heterocycles. The van der Waals surface area contributed by atoms with Gasteiger partial charge in [-0.3, -0.25) is 9.46 Å². The van der Waals surface area contributed by atoms with Gasteiger partial charge in [-0.1, -0.05) is 13.3 Å². The molecule has 3 atom stereocenters. The predicted octanol–water partition coefficient (Wildman–Crippen LogP) is 3.34. The molecule has 3 unspecified atom stereocenters. The first-order valence-electron chi connectivity index (χ1n) is 8.88.